The number of nitrogens with one attached hydrogen (secondary N) is 1. The molecule has 1 aliphatic rings. The van der Waals surface area contributed by atoms with E-state index in [0.717, 1.165) is 29.0 Å². The quantitative estimate of drug-likeness (QED) is 0.843. The molecule has 3 rings (SSSR count). The summed E-state index contributed by atoms with van der Waals surface area (Å²) in [6.07, 6.45) is 2.54. The monoisotopic (exact) mass is 321 g/mol. The Hall–Kier alpha value is -1.22. The van der Waals surface area contributed by atoms with Gasteiger partial charge in [0, 0.05) is 33.8 Å². The Bertz CT molecular complexity index is 653. The van der Waals surface area contributed by atoms with Crippen LogP contribution >= 0.6 is 23.2 Å². The lowest BCUT2D eigenvalue weighted by Crippen LogP contribution is -2.15. The number of benzene rings is 2. The van der Waals surface area contributed by atoms with Crippen molar-refractivity contribution in [3.05, 3.63) is 52.0 Å². The van der Waals surface area contributed by atoms with Gasteiger partial charge in [0.2, 0.25) is 0 Å². The van der Waals surface area contributed by atoms with E-state index >= 15 is 0 Å². The van der Waals surface area contributed by atoms with Gasteiger partial charge in [0.25, 0.3) is 0 Å². The zero-order chi connectivity index (χ0) is 14.8. The minimum atomic E-state index is 0.646. The third-order valence-electron chi connectivity index (χ3n) is 3.68. The van der Waals surface area contributed by atoms with E-state index in [1.807, 2.05) is 24.3 Å². The third kappa shape index (κ3) is 3.52. The van der Waals surface area contributed by atoms with Crippen LogP contribution < -0.4 is 10.1 Å². The van der Waals surface area contributed by atoms with Gasteiger partial charge >= 0.3 is 0 Å². The highest BCUT2D eigenvalue weighted by Crippen LogP contribution is 2.33. The highest BCUT2D eigenvalue weighted by atomic mass is 35.5. The van der Waals surface area contributed by atoms with E-state index in [1.165, 1.54) is 12.8 Å². The molecule has 1 saturated carbocycles. The molecule has 0 amide bonds. The van der Waals surface area contributed by atoms with Gasteiger partial charge in [-0.15, -0.1) is 0 Å². The van der Waals surface area contributed by atoms with Gasteiger partial charge in [-0.1, -0.05) is 35.3 Å². The fourth-order valence-electron chi connectivity index (χ4n) is 2.35. The molecule has 1 fully saturated rings. The van der Waals surface area contributed by atoms with Gasteiger partial charge < -0.3 is 10.1 Å². The topological polar surface area (TPSA) is 21.3 Å². The second-order valence-corrected chi connectivity index (χ2v) is 6.15. The minimum Gasteiger partial charge on any atom is -0.496 e. The fraction of sp³-hybridized carbons (Fsp3) is 0.294. The lowest BCUT2D eigenvalue weighted by atomic mass is 10.0. The molecular weight excluding hydrogens is 305 g/mol. The highest BCUT2D eigenvalue weighted by molar-refractivity contribution is 6.36. The van der Waals surface area contributed by atoms with Crippen molar-refractivity contribution >= 4 is 23.2 Å². The zero-order valence-corrected chi connectivity index (χ0v) is 13.3. The standard InChI is InChI=1S/C17H17Cl2NO/c1-21-17-7-2-11(8-12(17)10-20-14-4-5-14)15-6-3-13(18)9-16(15)19/h2-3,6-9,14,20H,4-5,10H2,1H3. The van der Waals surface area contributed by atoms with Gasteiger partial charge in [-0.2, -0.15) is 0 Å². The maximum atomic E-state index is 6.30. The molecule has 0 unspecified atom stereocenters. The molecule has 0 atom stereocenters. The SMILES string of the molecule is COc1ccc(-c2ccc(Cl)cc2Cl)cc1CNC1CC1. The van der Waals surface area contributed by atoms with E-state index in [1.54, 1.807) is 13.2 Å². The Labute approximate surface area is 135 Å². The number of hydrogen-bond acceptors (Lipinski definition) is 2. The molecule has 0 spiro atoms. The maximum Gasteiger partial charge on any atom is 0.123 e. The van der Waals surface area contributed by atoms with Gasteiger partial charge in [-0.25, -0.2) is 0 Å². The molecule has 2 nitrogen and oxygen atoms in total. The summed E-state index contributed by atoms with van der Waals surface area (Å²) in [6.45, 7) is 0.812. The molecule has 1 N–H and O–H groups in total. The molecule has 0 aliphatic heterocycles. The van der Waals surface area contributed by atoms with E-state index < -0.39 is 0 Å². The second kappa shape index (κ2) is 6.27. The smallest absolute Gasteiger partial charge is 0.123 e. The number of ether oxygens (including phenoxy) is 1. The first-order chi connectivity index (χ1) is 10.2. The van der Waals surface area contributed by atoms with Gasteiger partial charge in [-0.05, 0) is 42.7 Å². The van der Waals surface area contributed by atoms with Crippen LogP contribution in [-0.4, -0.2) is 13.2 Å². The molecule has 0 aromatic heterocycles. The van der Waals surface area contributed by atoms with E-state index in [9.17, 15) is 0 Å². The summed E-state index contributed by atoms with van der Waals surface area (Å²) in [7, 11) is 1.70. The van der Waals surface area contributed by atoms with Crippen LogP contribution in [0.1, 0.15) is 18.4 Å². The largest absolute Gasteiger partial charge is 0.496 e. The highest BCUT2D eigenvalue weighted by Gasteiger charge is 2.20. The lowest BCUT2D eigenvalue weighted by molar-refractivity contribution is 0.407. The van der Waals surface area contributed by atoms with Crippen LogP contribution in [0, 0.1) is 0 Å². The molecule has 110 valence electrons. The van der Waals surface area contributed by atoms with Crippen molar-refractivity contribution in [1.82, 2.24) is 5.32 Å². The van der Waals surface area contributed by atoms with E-state index in [-0.39, 0.29) is 0 Å². The molecule has 2 aromatic rings. The zero-order valence-electron chi connectivity index (χ0n) is 11.8. The second-order valence-electron chi connectivity index (χ2n) is 5.31. The van der Waals surface area contributed by atoms with E-state index in [0.29, 0.717) is 16.1 Å². The number of methoxy groups -OCH3 is 1. The number of halogens is 2. The molecule has 2 aromatic carbocycles. The average molecular weight is 322 g/mol. The van der Waals surface area contributed by atoms with Crippen LogP contribution in [0.4, 0.5) is 0 Å². The van der Waals surface area contributed by atoms with Gasteiger partial charge in [-0.3, -0.25) is 0 Å². The molecular formula is C17H17Cl2NO. The van der Waals surface area contributed by atoms with Gasteiger partial charge in [0.05, 0.1) is 7.11 Å². The number of rotatable bonds is 5. The van der Waals surface area contributed by atoms with Crippen LogP contribution in [0.2, 0.25) is 10.0 Å². The summed E-state index contributed by atoms with van der Waals surface area (Å²) >= 11 is 12.3. The fourth-order valence-corrected chi connectivity index (χ4v) is 2.87. The Morgan fingerprint density at radius 3 is 2.62 bits per heavy atom. The molecule has 0 saturated heterocycles. The molecule has 0 radical (unpaired) electrons. The summed E-state index contributed by atoms with van der Waals surface area (Å²) in [6, 6.07) is 12.4. The molecule has 4 heteroatoms. The van der Waals surface area contributed by atoms with E-state index in [4.69, 9.17) is 27.9 Å². The number of hydrogen-bond donors (Lipinski definition) is 1. The van der Waals surface area contributed by atoms with Crippen molar-refractivity contribution in [2.45, 2.75) is 25.4 Å². The first-order valence-corrected chi connectivity index (χ1v) is 7.78. The Morgan fingerprint density at radius 1 is 1.14 bits per heavy atom. The van der Waals surface area contributed by atoms with Crippen molar-refractivity contribution < 1.29 is 4.74 Å². The Morgan fingerprint density at radius 2 is 1.95 bits per heavy atom. The van der Waals surface area contributed by atoms with Crippen LogP contribution in [0.25, 0.3) is 11.1 Å². The van der Waals surface area contributed by atoms with Gasteiger partial charge in [0.15, 0.2) is 0 Å². The van der Waals surface area contributed by atoms with Crippen LogP contribution in [0.5, 0.6) is 5.75 Å². The maximum absolute atomic E-state index is 6.30. The summed E-state index contributed by atoms with van der Waals surface area (Å²) in [4.78, 5) is 0. The van der Waals surface area contributed by atoms with E-state index in [2.05, 4.69) is 11.4 Å². The summed E-state index contributed by atoms with van der Waals surface area (Å²) in [5, 5.41) is 4.82. The Kier molecular flexibility index (Phi) is 4.39. The molecule has 1 aliphatic carbocycles. The van der Waals surface area contributed by atoms with Crippen molar-refractivity contribution in [2.75, 3.05) is 7.11 Å². The summed E-state index contributed by atoms with van der Waals surface area (Å²) in [5.41, 5.74) is 3.20. The Balaban J connectivity index is 1.92. The van der Waals surface area contributed by atoms with Gasteiger partial charge in [0.1, 0.15) is 5.75 Å². The van der Waals surface area contributed by atoms with Crippen LogP contribution in [0.3, 0.4) is 0 Å². The van der Waals surface area contributed by atoms with Crippen molar-refractivity contribution in [1.29, 1.82) is 0 Å². The summed E-state index contributed by atoms with van der Waals surface area (Å²) < 4.78 is 5.44. The molecule has 0 bridgehead atoms. The van der Waals surface area contributed by atoms with Crippen molar-refractivity contribution in [2.24, 2.45) is 0 Å². The minimum absolute atomic E-state index is 0.646. The molecule has 21 heavy (non-hydrogen) atoms. The van der Waals surface area contributed by atoms with Crippen molar-refractivity contribution in [3.8, 4) is 16.9 Å². The molecule has 0 heterocycles. The third-order valence-corrected chi connectivity index (χ3v) is 4.23. The van der Waals surface area contributed by atoms with Crippen LogP contribution in [0.15, 0.2) is 36.4 Å². The van der Waals surface area contributed by atoms with Crippen LogP contribution in [-0.2, 0) is 6.54 Å². The lowest BCUT2D eigenvalue weighted by Gasteiger charge is -2.12. The first kappa shape index (κ1) is 14.7. The van der Waals surface area contributed by atoms with Crippen molar-refractivity contribution in [3.63, 3.8) is 0 Å². The predicted octanol–water partition coefficient (Wildman–Crippen LogP) is 4.92. The first-order valence-electron chi connectivity index (χ1n) is 7.03. The normalized spacial score (nSPS) is 14.2. The summed E-state index contributed by atoms with van der Waals surface area (Å²) in [5.74, 6) is 0.900. The predicted molar refractivity (Wildman–Crippen MR) is 88.3 cm³/mol. The average Bonchev–Trinajstić information content (AvgIpc) is 3.29.